The van der Waals surface area contributed by atoms with Crippen LogP contribution in [0.2, 0.25) is 0 Å². The van der Waals surface area contributed by atoms with Gasteiger partial charge in [0.25, 0.3) is 0 Å². The van der Waals surface area contributed by atoms with Gasteiger partial charge < -0.3 is 16.0 Å². The lowest BCUT2D eigenvalue weighted by Gasteiger charge is -2.10. The molecule has 0 fully saturated rings. The smallest absolute Gasteiger partial charge is 0.319 e. The standard InChI is InChI=1S/C19H22FN3O4S/c1-13(2)18(24)21-11-12-22-19(25)23-15-5-9-17(10-6-15)28(26,27)16-7-3-14(20)4-8-16/h3-10,13H,11-12H2,1-2H3,(H,21,24)(H2,22,23,25). The Hall–Kier alpha value is -2.94. The van der Waals surface area contributed by atoms with Crippen molar-refractivity contribution in [3.63, 3.8) is 0 Å². The van der Waals surface area contributed by atoms with Gasteiger partial charge in [-0.15, -0.1) is 0 Å². The Morgan fingerprint density at radius 3 is 1.93 bits per heavy atom. The molecule has 0 aliphatic heterocycles. The van der Waals surface area contributed by atoms with E-state index < -0.39 is 21.7 Å². The lowest BCUT2D eigenvalue weighted by Crippen LogP contribution is -2.38. The van der Waals surface area contributed by atoms with E-state index in [0.29, 0.717) is 12.2 Å². The number of sulfone groups is 1. The lowest BCUT2D eigenvalue weighted by atomic mass is 10.2. The molecule has 9 heteroatoms. The molecular formula is C19H22FN3O4S. The average molecular weight is 407 g/mol. The number of amides is 3. The van der Waals surface area contributed by atoms with Gasteiger partial charge in [0.15, 0.2) is 0 Å². The molecule has 2 aromatic carbocycles. The van der Waals surface area contributed by atoms with Crippen molar-refractivity contribution < 1.29 is 22.4 Å². The van der Waals surface area contributed by atoms with Crippen LogP contribution in [-0.2, 0) is 14.6 Å². The second kappa shape index (κ2) is 9.32. The maximum absolute atomic E-state index is 13.0. The Kier molecular flexibility index (Phi) is 7.11. The van der Waals surface area contributed by atoms with Gasteiger partial charge in [-0.3, -0.25) is 4.79 Å². The maximum Gasteiger partial charge on any atom is 0.319 e. The van der Waals surface area contributed by atoms with Crippen LogP contribution < -0.4 is 16.0 Å². The molecule has 0 aliphatic carbocycles. The van der Waals surface area contributed by atoms with Crippen LogP contribution in [0, 0.1) is 11.7 Å². The molecule has 0 aromatic heterocycles. The van der Waals surface area contributed by atoms with Crippen molar-refractivity contribution in [2.75, 3.05) is 18.4 Å². The predicted molar refractivity (Wildman–Crippen MR) is 103 cm³/mol. The fourth-order valence-electron chi connectivity index (χ4n) is 2.21. The molecule has 0 atom stereocenters. The van der Waals surface area contributed by atoms with E-state index in [1.807, 2.05) is 0 Å². The highest BCUT2D eigenvalue weighted by Crippen LogP contribution is 2.22. The minimum Gasteiger partial charge on any atom is -0.354 e. The number of carbonyl (C=O) groups is 2. The number of rotatable bonds is 7. The summed E-state index contributed by atoms with van der Waals surface area (Å²) in [6.45, 7) is 4.10. The van der Waals surface area contributed by atoms with Crippen molar-refractivity contribution in [3.05, 3.63) is 54.3 Å². The molecule has 3 N–H and O–H groups in total. The molecule has 0 saturated carbocycles. The quantitative estimate of drug-likeness (QED) is 0.485. The van der Waals surface area contributed by atoms with E-state index in [1.54, 1.807) is 13.8 Å². The molecule has 0 aliphatic rings. The molecular weight excluding hydrogens is 385 g/mol. The lowest BCUT2D eigenvalue weighted by molar-refractivity contribution is -0.123. The summed E-state index contributed by atoms with van der Waals surface area (Å²) >= 11 is 0. The van der Waals surface area contributed by atoms with Gasteiger partial charge in [0.05, 0.1) is 9.79 Å². The minimum absolute atomic E-state index is 0.0178. The number of halogens is 1. The molecule has 0 saturated heterocycles. The first kappa shape index (κ1) is 21.4. The van der Waals surface area contributed by atoms with Gasteiger partial charge >= 0.3 is 6.03 Å². The number of benzene rings is 2. The molecule has 0 unspecified atom stereocenters. The largest absolute Gasteiger partial charge is 0.354 e. The number of carbonyl (C=O) groups excluding carboxylic acids is 2. The van der Waals surface area contributed by atoms with Gasteiger partial charge in [-0.05, 0) is 48.5 Å². The van der Waals surface area contributed by atoms with Crippen LogP contribution in [0.1, 0.15) is 13.8 Å². The molecule has 2 aromatic rings. The molecule has 0 radical (unpaired) electrons. The highest BCUT2D eigenvalue weighted by atomic mass is 32.2. The summed E-state index contributed by atoms with van der Waals surface area (Å²) < 4.78 is 38.0. The highest BCUT2D eigenvalue weighted by molar-refractivity contribution is 7.91. The molecule has 2 rings (SSSR count). The van der Waals surface area contributed by atoms with Gasteiger partial charge in [0.1, 0.15) is 5.82 Å². The number of anilines is 1. The number of urea groups is 1. The first-order valence-electron chi connectivity index (χ1n) is 8.63. The zero-order valence-electron chi connectivity index (χ0n) is 15.5. The summed E-state index contributed by atoms with van der Waals surface area (Å²) in [5.74, 6) is -0.744. The summed E-state index contributed by atoms with van der Waals surface area (Å²) in [6.07, 6.45) is 0. The topological polar surface area (TPSA) is 104 Å². The van der Waals surface area contributed by atoms with Gasteiger partial charge in [-0.2, -0.15) is 0 Å². The Morgan fingerprint density at radius 1 is 0.893 bits per heavy atom. The molecule has 150 valence electrons. The fraction of sp³-hybridized carbons (Fsp3) is 0.263. The van der Waals surface area contributed by atoms with Gasteiger partial charge in [0.2, 0.25) is 15.7 Å². The van der Waals surface area contributed by atoms with E-state index in [9.17, 15) is 22.4 Å². The van der Waals surface area contributed by atoms with Crippen LogP contribution in [0.4, 0.5) is 14.9 Å². The molecule has 0 bridgehead atoms. The van der Waals surface area contributed by atoms with Crippen molar-refractivity contribution in [1.82, 2.24) is 10.6 Å². The van der Waals surface area contributed by atoms with Crippen molar-refractivity contribution in [2.24, 2.45) is 5.92 Å². The monoisotopic (exact) mass is 407 g/mol. The molecule has 28 heavy (non-hydrogen) atoms. The molecule has 0 heterocycles. The van der Waals surface area contributed by atoms with E-state index >= 15 is 0 Å². The Morgan fingerprint density at radius 2 is 1.39 bits per heavy atom. The summed E-state index contributed by atoms with van der Waals surface area (Å²) in [4.78, 5) is 23.3. The zero-order valence-corrected chi connectivity index (χ0v) is 16.3. The molecule has 0 spiro atoms. The van der Waals surface area contributed by atoms with Crippen LogP contribution >= 0.6 is 0 Å². The van der Waals surface area contributed by atoms with E-state index in [0.717, 1.165) is 12.1 Å². The van der Waals surface area contributed by atoms with Crippen LogP contribution in [0.3, 0.4) is 0 Å². The summed E-state index contributed by atoms with van der Waals surface area (Å²) in [5.41, 5.74) is 0.404. The SMILES string of the molecule is CC(C)C(=O)NCCNC(=O)Nc1ccc(S(=O)(=O)c2ccc(F)cc2)cc1. The summed E-state index contributed by atoms with van der Waals surface area (Å²) in [5, 5.41) is 7.83. The predicted octanol–water partition coefficient (Wildman–Crippen LogP) is 2.55. The van der Waals surface area contributed by atoms with Crippen LogP contribution in [-0.4, -0.2) is 33.4 Å². The molecule has 3 amide bonds. The van der Waals surface area contributed by atoms with Crippen LogP contribution in [0.15, 0.2) is 58.3 Å². The van der Waals surface area contributed by atoms with Crippen LogP contribution in [0.25, 0.3) is 0 Å². The van der Waals surface area contributed by atoms with Gasteiger partial charge in [0, 0.05) is 24.7 Å². The third kappa shape index (κ3) is 5.78. The van der Waals surface area contributed by atoms with Crippen molar-refractivity contribution in [3.8, 4) is 0 Å². The maximum atomic E-state index is 13.0. The Bertz CT molecular complexity index is 927. The van der Waals surface area contributed by atoms with Gasteiger partial charge in [-0.25, -0.2) is 17.6 Å². The van der Waals surface area contributed by atoms with Crippen molar-refractivity contribution >= 4 is 27.5 Å². The Labute approximate surface area is 163 Å². The van der Waals surface area contributed by atoms with Crippen molar-refractivity contribution in [1.29, 1.82) is 0 Å². The summed E-state index contributed by atoms with van der Waals surface area (Å²) in [6, 6.07) is 9.70. The van der Waals surface area contributed by atoms with Gasteiger partial charge in [-0.1, -0.05) is 13.8 Å². The average Bonchev–Trinajstić information content (AvgIpc) is 2.65. The number of hydrogen-bond acceptors (Lipinski definition) is 4. The highest BCUT2D eigenvalue weighted by Gasteiger charge is 2.17. The second-order valence-electron chi connectivity index (χ2n) is 6.31. The number of hydrogen-bond donors (Lipinski definition) is 3. The first-order valence-corrected chi connectivity index (χ1v) is 10.1. The third-order valence-corrected chi connectivity index (χ3v) is 5.57. The Balaban J connectivity index is 1.91. The normalized spacial score (nSPS) is 11.1. The van der Waals surface area contributed by atoms with E-state index in [4.69, 9.17) is 0 Å². The minimum atomic E-state index is -3.77. The number of nitrogens with one attached hydrogen (secondary N) is 3. The molecule has 7 nitrogen and oxygen atoms in total. The van der Waals surface area contributed by atoms with E-state index in [2.05, 4.69) is 16.0 Å². The fourth-order valence-corrected chi connectivity index (χ4v) is 3.47. The summed E-state index contributed by atoms with van der Waals surface area (Å²) in [7, 11) is -3.77. The zero-order chi connectivity index (χ0) is 20.7. The van der Waals surface area contributed by atoms with Crippen LogP contribution in [0.5, 0.6) is 0 Å². The van der Waals surface area contributed by atoms with E-state index in [-0.39, 0.29) is 28.2 Å². The van der Waals surface area contributed by atoms with E-state index in [1.165, 1.54) is 36.4 Å². The van der Waals surface area contributed by atoms with Crippen molar-refractivity contribution in [2.45, 2.75) is 23.6 Å². The third-order valence-electron chi connectivity index (χ3n) is 3.78. The second-order valence-corrected chi connectivity index (χ2v) is 8.26. The first-order chi connectivity index (χ1) is 13.2.